The zero-order chi connectivity index (χ0) is 17.6. The van der Waals surface area contributed by atoms with E-state index in [1.54, 1.807) is 13.8 Å². The van der Waals surface area contributed by atoms with Gasteiger partial charge in [-0.15, -0.1) is 0 Å². The number of amides is 2. The molecule has 126 valence electrons. The van der Waals surface area contributed by atoms with Gasteiger partial charge in [-0.2, -0.15) is 0 Å². The maximum absolute atomic E-state index is 12.9. The number of rotatable bonds is 7. The monoisotopic (exact) mass is 324 g/mol. The summed E-state index contributed by atoms with van der Waals surface area (Å²) < 4.78 is 12.9. The molecular formula is C16H21FN2O4. The molecule has 0 aliphatic heterocycles. The van der Waals surface area contributed by atoms with Crippen molar-refractivity contribution in [2.75, 3.05) is 0 Å². The van der Waals surface area contributed by atoms with Gasteiger partial charge in [-0.3, -0.25) is 9.59 Å². The Bertz CT molecular complexity index is 572. The summed E-state index contributed by atoms with van der Waals surface area (Å²) in [6.45, 7) is 4.61. The van der Waals surface area contributed by atoms with Gasteiger partial charge in [0, 0.05) is 13.3 Å². The predicted molar refractivity (Wildman–Crippen MR) is 82.1 cm³/mol. The van der Waals surface area contributed by atoms with Crippen molar-refractivity contribution in [1.29, 1.82) is 0 Å². The highest BCUT2D eigenvalue weighted by Gasteiger charge is 2.28. The molecule has 0 radical (unpaired) electrons. The van der Waals surface area contributed by atoms with Crippen LogP contribution in [0.1, 0.15) is 26.3 Å². The van der Waals surface area contributed by atoms with E-state index in [0.717, 1.165) is 0 Å². The number of halogens is 1. The molecule has 0 unspecified atom stereocenters. The highest BCUT2D eigenvalue weighted by Crippen LogP contribution is 2.08. The molecule has 1 rings (SSSR count). The fraction of sp³-hybridized carbons (Fsp3) is 0.438. The maximum atomic E-state index is 12.9. The van der Waals surface area contributed by atoms with Crippen LogP contribution in [0.3, 0.4) is 0 Å². The summed E-state index contributed by atoms with van der Waals surface area (Å²) >= 11 is 0. The van der Waals surface area contributed by atoms with Crippen LogP contribution in [0.15, 0.2) is 24.3 Å². The minimum atomic E-state index is -1.14. The highest BCUT2D eigenvalue weighted by molar-refractivity contribution is 5.90. The molecule has 6 nitrogen and oxygen atoms in total. The predicted octanol–water partition coefficient (Wildman–Crippen LogP) is 1.10. The van der Waals surface area contributed by atoms with Gasteiger partial charge in [0.15, 0.2) is 0 Å². The number of carboxylic acids is 1. The number of nitrogens with one attached hydrogen (secondary N) is 2. The van der Waals surface area contributed by atoms with Gasteiger partial charge >= 0.3 is 5.97 Å². The van der Waals surface area contributed by atoms with E-state index < -0.39 is 35.7 Å². The zero-order valence-corrected chi connectivity index (χ0v) is 13.3. The van der Waals surface area contributed by atoms with Crippen molar-refractivity contribution in [3.63, 3.8) is 0 Å². The average molecular weight is 324 g/mol. The number of benzene rings is 1. The molecule has 0 bridgehead atoms. The molecule has 0 aromatic heterocycles. The van der Waals surface area contributed by atoms with Gasteiger partial charge in [-0.25, -0.2) is 9.18 Å². The third kappa shape index (κ3) is 6.06. The van der Waals surface area contributed by atoms with Crippen molar-refractivity contribution in [2.24, 2.45) is 5.92 Å². The Kier molecular flexibility index (Phi) is 6.68. The van der Waals surface area contributed by atoms with Crippen molar-refractivity contribution in [3.05, 3.63) is 35.6 Å². The van der Waals surface area contributed by atoms with E-state index >= 15 is 0 Å². The van der Waals surface area contributed by atoms with Gasteiger partial charge in [0.2, 0.25) is 11.8 Å². The summed E-state index contributed by atoms with van der Waals surface area (Å²) in [6, 6.07) is 3.55. The third-order valence-corrected chi connectivity index (χ3v) is 3.28. The normalized spacial score (nSPS) is 13.3. The van der Waals surface area contributed by atoms with E-state index in [-0.39, 0.29) is 12.3 Å². The molecule has 0 fully saturated rings. The summed E-state index contributed by atoms with van der Waals surface area (Å²) in [6.07, 6.45) is 0.135. The van der Waals surface area contributed by atoms with E-state index in [1.807, 2.05) is 0 Å². The fourth-order valence-corrected chi connectivity index (χ4v) is 2.08. The first-order chi connectivity index (χ1) is 10.7. The quantitative estimate of drug-likeness (QED) is 0.700. The molecule has 0 aliphatic rings. The van der Waals surface area contributed by atoms with Crippen LogP contribution in [0, 0.1) is 11.7 Å². The van der Waals surface area contributed by atoms with Gasteiger partial charge in [0.1, 0.15) is 17.9 Å². The third-order valence-electron chi connectivity index (χ3n) is 3.28. The standard InChI is InChI=1S/C16H21FN2O4/c1-9(2)14(16(22)23)19-15(21)13(18-10(3)20)8-11-4-6-12(17)7-5-11/h4-7,9,13-14H,8H2,1-3H3,(H,18,20)(H,19,21)(H,22,23)/t13-,14-/m0/s1. The molecule has 7 heteroatoms. The van der Waals surface area contributed by atoms with Crippen LogP contribution >= 0.6 is 0 Å². The Morgan fingerprint density at radius 2 is 1.70 bits per heavy atom. The Morgan fingerprint density at radius 3 is 2.13 bits per heavy atom. The minimum absolute atomic E-state index is 0.135. The number of carbonyl (C=O) groups excluding carboxylic acids is 2. The molecule has 1 aromatic rings. The fourth-order valence-electron chi connectivity index (χ4n) is 2.08. The molecular weight excluding hydrogens is 303 g/mol. The second-order valence-corrected chi connectivity index (χ2v) is 5.65. The van der Waals surface area contributed by atoms with Gasteiger partial charge in [0.05, 0.1) is 0 Å². The van der Waals surface area contributed by atoms with Crippen molar-refractivity contribution >= 4 is 17.8 Å². The molecule has 23 heavy (non-hydrogen) atoms. The summed E-state index contributed by atoms with van der Waals surface area (Å²) in [5.74, 6) is -2.86. The van der Waals surface area contributed by atoms with Crippen LogP contribution < -0.4 is 10.6 Å². The van der Waals surface area contributed by atoms with Crippen molar-refractivity contribution < 1.29 is 23.9 Å². The summed E-state index contributed by atoms with van der Waals surface area (Å²) in [4.78, 5) is 34.8. The second kappa shape index (κ2) is 8.26. The van der Waals surface area contributed by atoms with Gasteiger partial charge in [-0.05, 0) is 23.6 Å². The molecule has 2 amide bonds. The number of carboxylic acid groups (broad SMARTS) is 1. The van der Waals surface area contributed by atoms with Crippen LogP contribution in [0.4, 0.5) is 4.39 Å². The van der Waals surface area contributed by atoms with E-state index in [4.69, 9.17) is 5.11 Å². The summed E-state index contributed by atoms with van der Waals surface area (Å²) in [5.41, 5.74) is 0.650. The first-order valence-electron chi connectivity index (χ1n) is 7.25. The molecule has 1 aromatic carbocycles. The lowest BCUT2D eigenvalue weighted by Gasteiger charge is -2.23. The van der Waals surface area contributed by atoms with Crippen molar-refractivity contribution in [2.45, 2.75) is 39.3 Å². The summed E-state index contributed by atoms with van der Waals surface area (Å²) in [5, 5.41) is 14.0. The van der Waals surface area contributed by atoms with E-state index in [2.05, 4.69) is 10.6 Å². The first-order valence-corrected chi connectivity index (χ1v) is 7.25. The Balaban J connectivity index is 2.87. The van der Waals surface area contributed by atoms with E-state index in [0.29, 0.717) is 5.56 Å². The molecule has 0 aliphatic carbocycles. The maximum Gasteiger partial charge on any atom is 0.326 e. The average Bonchev–Trinajstić information content (AvgIpc) is 2.44. The Labute approximate surface area is 134 Å². The van der Waals surface area contributed by atoms with Gasteiger partial charge < -0.3 is 15.7 Å². The van der Waals surface area contributed by atoms with E-state index in [9.17, 15) is 18.8 Å². The number of aliphatic carboxylic acids is 1. The molecule has 0 saturated heterocycles. The number of hydrogen-bond acceptors (Lipinski definition) is 3. The van der Waals surface area contributed by atoms with Crippen molar-refractivity contribution in [3.8, 4) is 0 Å². The SMILES string of the molecule is CC(=O)N[C@@H](Cc1ccc(F)cc1)C(=O)N[C@H](C(=O)O)C(C)C. The van der Waals surface area contributed by atoms with E-state index in [1.165, 1.54) is 31.2 Å². The van der Waals surface area contributed by atoms with Crippen molar-refractivity contribution in [1.82, 2.24) is 10.6 Å². The Hall–Kier alpha value is -2.44. The second-order valence-electron chi connectivity index (χ2n) is 5.65. The van der Waals surface area contributed by atoms with Crippen LogP contribution in [-0.4, -0.2) is 35.0 Å². The van der Waals surface area contributed by atoms with Crippen LogP contribution in [0.5, 0.6) is 0 Å². The molecule has 0 saturated carbocycles. The molecule has 0 heterocycles. The Morgan fingerprint density at radius 1 is 1.13 bits per heavy atom. The first kappa shape index (κ1) is 18.6. The lowest BCUT2D eigenvalue weighted by molar-refractivity contribution is -0.143. The summed E-state index contributed by atoms with van der Waals surface area (Å²) in [7, 11) is 0. The zero-order valence-electron chi connectivity index (χ0n) is 13.3. The van der Waals surface area contributed by atoms with Crippen LogP contribution in [0.2, 0.25) is 0 Å². The van der Waals surface area contributed by atoms with Gasteiger partial charge in [-0.1, -0.05) is 26.0 Å². The molecule has 3 N–H and O–H groups in total. The highest BCUT2D eigenvalue weighted by atomic mass is 19.1. The molecule has 2 atom stereocenters. The lowest BCUT2D eigenvalue weighted by Crippen LogP contribution is -2.53. The lowest BCUT2D eigenvalue weighted by atomic mass is 10.0. The topological polar surface area (TPSA) is 95.5 Å². The number of hydrogen-bond donors (Lipinski definition) is 3. The van der Waals surface area contributed by atoms with Crippen LogP contribution in [-0.2, 0) is 20.8 Å². The largest absolute Gasteiger partial charge is 0.480 e. The smallest absolute Gasteiger partial charge is 0.326 e. The molecule has 0 spiro atoms. The van der Waals surface area contributed by atoms with Gasteiger partial charge in [0.25, 0.3) is 0 Å². The number of carbonyl (C=O) groups is 3. The van der Waals surface area contributed by atoms with Crippen LogP contribution in [0.25, 0.3) is 0 Å². The minimum Gasteiger partial charge on any atom is -0.480 e.